The van der Waals surface area contributed by atoms with E-state index in [2.05, 4.69) is 9.05 Å². The largest absolute Gasteiger partial charge is 0.472 e. The molecule has 1 N–H and O–H groups in total. The van der Waals surface area contributed by atoms with Crippen molar-refractivity contribution in [2.45, 2.75) is 62.7 Å². The van der Waals surface area contributed by atoms with E-state index in [1.807, 2.05) is 0 Å². The maximum absolute atomic E-state index is 14.0. The molecule has 0 saturated heterocycles. The number of phosphoric acid groups is 1. The normalized spacial score (nSPS) is 17.0. The van der Waals surface area contributed by atoms with Gasteiger partial charge in [-0.05, 0) is 6.42 Å². The van der Waals surface area contributed by atoms with E-state index in [9.17, 15) is 79.2 Å². The Hall–Kier alpha value is -1.16. The van der Waals surface area contributed by atoms with E-state index in [0.29, 0.717) is 0 Å². The number of nitrogens with zero attached hydrogens (tertiary/aromatic N) is 2. The molecule has 1 unspecified atom stereocenters. The fraction of sp³-hybridized carbons (Fsp3) is 1.00. The van der Waals surface area contributed by atoms with E-state index in [4.69, 9.17) is 4.89 Å². The number of halogens is 17. The quantitative estimate of drug-likeness (QED) is 0.146. The summed E-state index contributed by atoms with van der Waals surface area (Å²) >= 11 is 0. The summed E-state index contributed by atoms with van der Waals surface area (Å²) in [5.74, 6) is -6.70. The Morgan fingerprint density at radius 2 is 1.22 bits per heavy atom. The van der Waals surface area contributed by atoms with Crippen LogP contribution < -0.4 is 0 Å². The fourth-order valence-corrected chi connectivity index (χ4v) is 2.80. The van der Waals surface area contributed by atoms with E-state index in [0.717, 1.165) is 0 Å². The van der Waals surface area contributed by atoms with Crippen LogP contribution >= 0.6 is 7.82 Å². The topological polar surface area (TPSA) is 62.2 Å². The van der Waals surface area contributed by atoms with Crippen LogP contribution in [0, 0.1) is 0 Å². The van der Waals surface area contributed by atoms with Gasteiger partial charge in [-0.25, -0.2) is 13.3 Å². The van der Waals surface area contributed by atoms with Gasteiger partial charge in [-0.3, -0.25) is 9.05 Å². The predicted octanol–water partition coefficient (Wildman–Crippen LogP) is 6.15. The Labute approximate surface area is 188 Å². The highest BCUT2D eigenvalue weighted by Crippen LogP contribution is 2.55. The first kappa shape index (κ1) is 34.8. The van der Waals surface area contributed by atoms with Crippen LogP contribution in [0.15, 0.2) is 0 Å². The number of alkyl halides is 17. The van der Waals surface area contributed by atoms with Gasteiger partial charge in [0.2, 0.25) is 0 Å². The van der Waals surface area contributed by atoms with Crippen LogP contribution in [0.4, 0.5) is 74.6 Å². The van der Waals surface area contributed by atoms with Gasteiger partial charge in [0, 0.05) is 0 Å². The second-order valence-electron chi connectivity index (χ2n) is 6.24. The van der Waals surface area contributed by atoms with Crippen LogP contribution in [-0.2, 0) is 13.6 Å². The zero-order chi connectivity index (χ0) is 29.3. The SMILES string of the molecule is CCCOP(=O)(O)OCC(F)(F)C(F)(F)N(C(F)F)C(F)(F)C(F)(F)N(C(F)(F)F)C(F)(F)C(F)F. The highest BCUT2D eigenvalue weighted by molar-refractivity contribution is 7.47. The first-order valence-electron chi connectivity index (χ1n) is 8.38. The van der Waals surface area contributed by atoms with Crippen molar-refractivity contribution < 1.29 is 93.1 Å². The van der Waals surface area contributed by atoms with E-state index in [1.165, 1.54) is 6.92 Å². The molecule has 0 aliphatic carbocycles. The van der Waals surface area contributed by atoms with Gasteiger partial charge in [0.15, 0.2) is 0 Å². The van der Waals surface area contributed by atoms with Gasteiger partial charge in [0.1, 0.15) is 6.61 Å². The van der Waals surface area contributed by atoms with Crippen molar-refractivity contribution in [2.24, 2.45) is 0 Å². The summed E-state index contributed by atoms with van der Waals surface area (Å²) in [6.45, 7) is -9.01. The Morgan fingerprint density at radius 3 is 1.56 bits per heavy atom. The molecule has 0 aromatic rings. The average molecular weight is 602 g/mol. The summed E-state index contributed by atoms with van der Waals surface area (Å²) in [6.07, 6.45) is -13.8. The van der Waals surface area contributed by atoms with Gasteiger partial charge in [0.25, 0.3) is 0 Å². The molecule has 0 spiro atoms. The number of hydrogen-bond acceptors (Lipinski definition) is 5. The molecule has 0 aliphatic rings. The fourth-order valence-electron chi connectivity index (χ4n) is 1.98. The van der Waals surface area contributed by atoms with Crippen molar-refractivity contribution in [3.05, 3.63) is 0 Å². The second-order valence-corrected chi connectivity index (χ2v) is 7.70. The standard InChI is InChI=1S/C12H12F17N2O4P/c1-2-3-34-36(32,33)35-4-7(17,18)9(21,22)30(6(15)16)10(23,24)11(25,26)31(12(27,28)29)8(19,20)5(13)14/h5-6H,2-4H2,1H3,(H,32,33). The maximum atomic E-state index is 14.0. The molecule has 1 atom stereocenters. The molecule has 0 bridgehead atoms. The van der Waals surface area contributed by atoms with Crippen LogP contribution in [-0.4, -0.2) is 77.3 Å². The smallest absolute Gasteiger partial charge is 0.302 e. The Morgan fingerprint density at radius 1 is 0.778 bits per heavy atom. The average Bonchev–Trinajstić information content (AvgIpc) is 2.62. The minimum Gasteiger partial charge on any atom is -0.302 e. The molecule has 0 rings (SSSR count). The van der Waals surface area contributed by atoms with E-state index in [-0.39, 0.29) is 6.42 Å². The third-order valence-corrected chi connectivity index (χ3v) is 4.53. The summed E-state index contributed by atoms with van der Waals surface area (Å²) in [7, 11) is -5.77. The van der Waals surface area contributed by atoms with Crippen LogP contribution in [0.1, 0.15) is 13.3 Å². The van der Waals surface area contributed by atoms with Crippen LogP contribution in [0.3, 0.4) is 0 Å². The van der Waals surface area contributed by atoms with Crippen LogP contribution in [0.25, 0.3) is 0 Å². The van der Waals surface area contributed by atoms with Crippen molar-refractivity contribution in [1.82, 2.24) is 9.80 Å². The molecule has 0 saturated carbocycles. The van der Waals surface area contributed by atoms with Crippen molar-refractivity contribution in [2.75, 3.05) is 13.2 Å². The summed E-state index contributed by atoms with van der Waals surface area (Å²) in [6, 6.07) is -31.3. The van der Waals surface area contributed by atoms with Crippen LogP contribution in [0.2, 0.25) is 0 Å². The Bertz CT molecular complexity index is 777. The molecule has 0 fully saturated rings. The van der Waals surface area contributed by atoms with Gasteiger partial charge in [0.05, 0.1) is 6.61 Å². The lowest BCUT2D eigenvalue weighted by molar-refractivity contribution is -0.500. The first-order chi connectivity index (χ1) is 15.6. The number of phosphoric ester groups is 1. The molecule has 0 radical (unpaired) electrons. The zero-order valence-electron chi connectivity index (χ0n) is 16.7. The van der Waals surface area contributed by atoms with Crippen molar-refractivity contribution in [3.63, 3.8) is 0 Å². The zero-order valence-corrected chi connectivity index (χ0v) is 17.6. The lowest BCUT2D eigenvalue weighted by atomic mass is 10.2. The molecule has 6 nitrogen and oxygen atoms in total. The van der Waals surface area contributed by atoms with E-state index >= 15 is 0 Å². The molecular weight excluding hydrogens is 590 g/mol. The summed E-state index contributed by atoms with van der Waals surface area (Å²) in [5.41, 5.74) is 0. The van der Waals surface area contributed by atoms with Crippen molar-refractivity contribution in [1.29, 1.82) is 0 Å². The van der Waals surface area contributed by atoms with Gasteiger partial charge in [-0.1, -0.05) is 11.8 Å². The number of hydrogen-bond donors (Lipinski definition) is 1. The van der Waals surface area contributed by atoms with Crippen molar-refractivity contribution in [3.8, 4) is 0 Å². The molecule has 0 aromatic heterocycles. The third-order valence-electron chi connectivity index (χ3n) is 3.56. The molecule has 24 heteroatoms. The van der Waals surface area contributed by atoms with Gasteiger partial charge < -0.3 is 4.89 Å². The maximum Gasteiger partial charge on any atom is 0.472 e. The summed E-state index contributed by atoms with van der Waals surface area (Å²) < 4.78 is 243. The lowest BCUT2D eigenvalue weighted by Gasteiger charge is -2.45. The minimum absolute atomic E-state index is 0.167. The molecule has 0 amide bonds. The first-order valence-corrected chi connectivity index (χ1v) is 9.88. The molecule has 0 heterocycles. The minimum atomic E-state index is -8.22. The van der Waals surface area contributed by atoms with Gasteiger partial charge in [-0.2, -0.15) is 65.9 Å². The van der Waals surface area contributed by atoms with E-state index in [1.54, 1.807) is 0 Å². The molecule has 0 aromatic carbocycles. The highest BCUT2D eigenvalue weighted by Gasteiger charge is 2.82. The van der Waals surface area contributed by atoms with Crippen LogP contribution in [0.5, 0.6) is 0 Å². The lowest BCUT2D eigenvalue weighted by Crippen LogP contribution is -2.75. The van der Waals surface area contributed by atoms with Crippen molar-refractivity contribution >= 4 is 7.82 Å². The number of rotatable bonds is 14. The highest BCUT2D eigenvalue weighted by atomic mass is 31.2. The Kier molecular flexibility index (Phi) is 10.6. The summed E-state index contributed by atoms with van der Waals surface area (Å²) in [5, 5.41) is 0. The van der Waals surface area contributed by atoms with E-state index < -0.39 is 80.2 Å². The third kappa shape index (κ3) is 7.03. The molecular formula is C12H12F17N2O4P. The monoisotopic (exact) mass is 602 g/mol. The van der Waals surface area contributed by atoms with Gasteiger partial charge >= 0.3 is 57.2 Å². The van der Waals surface area contributed by atoms with Gasteiger partial charge in [-0.15, -0.1) is 4.90 Å². The molecule has 0 aliphatic heterocycles. The molecule has 218 valence electrons. The molecule has 36 heavy (non-hydrogen) atoms. The predicted molar refractivity (Wildman–Crippen MR) is 78.5 cm³/mol. The summed E-state index contributed by atoms with van der Waals surface area (Å²) in [4.78, 5) is 0.568. The second kappa shape index (κ2) is 10.9. The Balaban J connectivity index is 6.68.